The van der Waals surface area contributed by atoms with Gasteiger partial charge in [-0.05, 0) is 12.1 Å². The average molecular weight is 225 g/mol. The Morgan fingerprint density at radius 1 is 1.06 bits per heavy atom. The van der Waals surface area contributed by atoms with Crippen molar-refractivity contribution < 1.29 is 19.1 Å². The Balaban J connectivity index is 2.71. The van der Waals surface area contributed by atoms with Crippen molar-refractivity contribution in [1.82, 2.24) is 4.98 Å². The third-order valence-corrected chi connectivity index (χ3v) is 1.58. The van der Waals surface area contributed by atoms with Crippen LogP contribution >= 0.6 is 0 Å². The van der Waals surface area contributed by atoms with Crippen molar-refractivity contribution in [2.45, 2.75) is 0 Å². The molecule has 0 aliphatic carbocycles. The summed E-state index contributed by atoms with van der Waals surface area (Å²) in [4.78, 5) is 25.7. The molecule has 7 heteroatoms. The Bertz CT molecular complexity index is 361. The predicted molar refractivity (Wildman–Crippen MR) is 56.3 cm³/mol. The maximum Gasteiger partial charge on any atom is 0.412 e. The number of amides is 2. The minimum Gasteiger partial charge on any atom is -0.453 e. The molecular weight excluding hydrogens is 214 g/mol. The second kappa shape index (κ2) is 5.54. The molecule has 1 rings (SSSR count). The largest absolute Gasteiger partial charge is 0.453 e. The zero-order valence-corrected chi connectivity index (χ0v) is 8.81. The summed E-state index contributed by atoms with van der Waals surface area (Å²) in [5.74, 6) is 0.529. The highest BCUT2D eigenvalue weighted by Crippen LogP contribution is 2.09. The number of hydrogen-bond acceptors (Lipinski definition) is 5. The fourth-order valence-corrected chi connectivity index (χ4v) is 0.885. The summed E-state index contributed by atoms with van der Waals surface area (Å²) in [6.45, 7) is 0. The van der Waals surface area contributed by atoms with Crippen LogP contribution in [0.1, 0.15) is 0 Å². The van der Waals surface area contributed by atoms with E-state index in [0.29, 0.717) is 0 Å². The summed E-state index contributed by atoms with van der Waals surface area (Å²) in [5, 5.41) is 4.72. The van der Waals surface area contributed by atoms with Crippen molar-refractivity contribution in [3.63, 3.8) is 0 Å². The molecule has 1 aromatic heterocycles. The van der Waals surface area contributed by atoms with Crippen LogP contribution in [0.15, 0.2) is 18.2 Å². The number of anilines is 2. The Kier molecular flexibility index (Phi) is 4.07. The Labute approximate surface area is 91.8 Å². The van der Waals surface area contributed by atoms with Gasteiger partial charge in [-0.15, -0.1) is 0 Å². The van der Waals surface area contributed by atoms with Gasteiger partial charge in [0.1, 0.15) is 11.6 Å². The number of aromatic nitrogens is 1. The van der Waals surface area contributed by atoms with Crippen molar-refractivity contribution in [3.05, 3.63) is 18.2 Å². The second-order valence-corrected chi connectivity index (χ2v) is 2.64. The van der Waals surface area contributed by atoms with Crippen molar-refractivity contribution in [1.29, 1.82) is 0 Å². The quantitative estimate of drug-likeness (QED) is 0.794. The third kappa shape index (κ3) is 3.45. The lowest BCUT2D eigenvalue weighted by atomic mass is 10.4. The lowest BCUT2D eigenvalue weighted by Crippen LogP contribution is -2.15. The first-order valence-corrected chi connectivity index (χ1v) is 4.32. The van der Waals surface area contributed by atoms with Gasteiger partial charge in [0.2, 0.25) is 0 Å². The van der Waals surface area contributed by atoms with E-state index in [1.165, 1.54) is 14.2 Å². The molecule has 1 aromatic rings. The molecule has 86 valence electrons. The Hall–Kier alpha value is -2.31. The van der Waals surface area contributed by atoms with Gasteiger partial charge in [0.05, 0.1) is 14.2 Å². The van der Waals surface area contributed by atoms with Crippen LogP contribution in [0.25, 0.3) is 0 Å². The molecule has 0 unspecified atom stereocenters. The van der Waals surface area contributed by atoms with Gasteiger partial charge < -0.3 is 9.47 Å². The van der Waals surface area contributed by atoms with Crippen LogP contribution in [0.5, 0.6) is 0 Å². The number of carbonyl (C=O) groups excluding carboxylic acids is 2. The van der Waals surface area contributed by atoms with E-state index in [2.05, 4.69) is 25.1 Å². The van der Waals surface area contributed by atoms with E-state index in [1.54, 1.807) is 18.2 Å². The summed E-state index contributed by atoms with van der Waals surface area (Å²) in [6, 6.07) is 4.72. The fraction of sp³-hybridized carbons (Fsp3) is 0.222. The summed E-state index contributed by atoms with van der Waals surface area (Å²) >= 11 is 0. The number of ether oxygens (including phenoxy) is 2. The van der Waals surface area contributed by atoms with Crippen LogP contribution in [0, 0.1) is 0 Å². The topological polar surface area (TPSA) is 89.6 Å². The van der Waals surface area contributed by atoms with Gasteiger partial charge >= 0.3 is 12.2 Å². The van der Waals surface area contributed by atoms with Crippen LogP contribution in [0.4, 0.5) is 21.2 Å². The lowest BCUT2D eigenvalue weighted by molar-refractivity contribution is 0.186. The van der Waals surface area contributed by atoms with Crippen LogP contribution in [-0.2, 0) is 9.47 Å². The molecule has 2 amide bonds. The highest BCUT2D eigenvalue weighted by molar-refractivity contribution is 5.85. The fourth-order valence-electron chi connectivity index (χ4n) is 0.885. The highest BCUT2D eigenvalue weighted by atomic mass is 16.5. The van der Waals surface area contributed by atoms with Crippen molar-refractivity contribution in [2.24, 2.45) is 0 Å². The molecular formula is C9H11N3O4. The molecule has 0 atom stereocenters. The average Bonchev–Trinajstić information content (AvgIpc) is 2.29. The van der Waals surface area contributed by atoms with E-state index in [4.69, 9.17) is 0 Å². The number of carbonyl (C=O) groups is 2. The molecule has 0 saturated heterocycles. The Morgan fingerprint density at radius 2 is 1.50 bits per heavy atom. The summed E-state index contributed by atoms with van der Waals surface area (Å²) in [5.41, 5.74) is 0. The van der Waals surface area contributed by atoms with Gasteiger partial charge in [-0.3, -0.25) is 10.6 Å². The molecule has 0 aromatic carbocycles. The number of nitrogens with zero attached hydrogens (tertiary/aromatic N) is 1. The molecule has 7 nitrogen and oxygen atoms in total. The standard InChI is InChI=1S/C9H11N3O4/c1-15-8(13)11-6-4-3-5-7(10-6)12-9(14)16-2/h3-5H,1-2H3,(H2,10,11,12,13,14). The minimum absolute atomic E-state index is 0.265. The SMILES string of the molecule is COC(=O)Nc1cccc(NC(=O)OC)n1. The smallest absolute Gasteiger partial charge is 0.412 e. The van der Waals surface area contributed by atoms with Crippen LogP contribution in [-0.4, -0.2) is 31.4 Å². The Morgan fingerprint density at radius 3 is 1.88 bits per heavy atom. The second-order valence-electron chi connectivity index (χ2n) is 2.64. The van der Waals surface area contributed by atoms with Gasteiger partial charge in [-0.25, -0.2) is 14.6 Å². The maximum atomic E-state index is 10.9. The molecule has 0 saturated carbocycles. The van der Waals surface area contributed by atoms with Crippen LogP contribution < -0.4 is 10.6 Å². The van der Waals surface area contributed by atoms with Gasteiger partial charge in [-0.1, -0.05) is 6.07 Å². The maximum absolute atomic E-state index is 10.9. The molecule has 2 N–H and O–H groups in total. The first kappa shape index (κ1) is 11.8. The number of methoxy groups -OCH3 is 2. The zero-order chi connectivity index (χ0) is 12.0. The summed E-state index contributed by atoms with van der Waals surface area (Å²) in [6.07, 6.45) is -1.27. The van der Waals surface area contributed by atoms with E-state index in [1.807, 2.05) is 0 Å². The first-order chi connectivity index (χ1) is 7.65. The molecule has 16 heavy (non-hydrogen) atoms. The molecule has 0 aliphatic heterocycles. The summed E-state index contributed by atoms with van der Waals surface area (Å²) in [7, 11) is 2.48. The van der Waals surface area contributed by atoms with E-state index in [0.717, 1.165) is 0 Å². The van der Waals surface area contributed by atoms with Gasteiger partial charge in [0.15, 0.2) is 0 Å². The van der Waals surface area contributed by atoms with E-state index in [9.17, 15) is 9.59 Å². The van der Waals surface area contributed by atoms with Gasteiger partial charge in [-0.2, -0.15) is 0 Å². The van der Waals surface area contributed by atoms with Crippen molar-refractivity contribution in [2.75, 3.05) is 24.9 Å². The highest BCUT2D eigenvalue weighted by Gasteiger charge is 2.05. The van der Waals surface area contributed by atoms with Gasteiger partial charge in [0.25, 0.3) is 0 Å². The number of pyridine rings is 1. The predicted octanol–water partition coefficient (Wildman–Crippen LogP) is 1.44. The molecule has 0 spiro atoms. The molecule has 0 radical (unpaired) electrons. The molecule has 1 heterocycles. The summed E-state index contributed by atoms with van der Waals surface area (Å²) < 4.78 is 8.79. The lowest BCUT2D eigenvalue weighted by Gasteiger charge is -2.05. The molecule has 0 aliphatic rings. The minimum atomic E-state index is -0.636. The number of nitrogens with one attached hydrogen (secondary N) is 2. The molecule has 0 fully saturated rings. The van der Waals surface area contributed by atoms with Crippen LogP contribution in [0.2, 0.25) is 0 Å². The van der Waals surface area contributed by atoms with Crippen LogP contribution in [0.3, 0.4) is 0 Å². The zero-order valence-electron chi connectivity index (χ0n) is 8.81. The van der Waals surface area contributed by atoms with E-state index >= 15 is 0 Å². The van der Waals surface area contributed by atoms with Crippen molar-refractivity contribution in [3.8, 4) is 0 Å². The van der Waals surface area contributed by atoms with Crippen molar-refractivity contribution >= 4 is 23.8 Å². The normalized spacial score (nSPS) is 9.12. The molecule has 0 bridgehead atoms. The van der Waals surface area contributed by atoms with E-state index in [-0.39, 0.29) is 11.6 Å². The first-order valence-electron chi connectivity index (χ1n) is 4.32. The van der Waals surface area contributed by atoms with E-state index < -0.39 is 12.2 Å². The van der Waals surface area contributed by atoms with Gasteiger partial charge in [0, 0.05) is 0 Å². The number of rotatable bonds is 2. The monoisotopic (exact) mass is 225 g/mol. The number of hydrogen-bond donors (Lipinski definition) is 2. The third-order valence-electron chi connectivity index (χ3n) is 1.58.